The molecule has 3 nitrogen and oxygen atoms in total. The Labute approximate surface area is 99.1 Å². The van der Waals surface area contributed by atoms with Crippen molar-refractivity contribution in [1.82, 2.24) is 9.97 Å². The molecule has 4 heteroatoms. The fraction of sp³-hybridized carbons (Fsp3) is 0.333. The number of pyridine rings is 1. The van der Waals surface area contributed by atoms with Gasteiger partial charge >= 0.3 is 0 Å². The van der Waals surface area contributed by atoms with Crippen molar-refractivity contribution < 1.29 is 4.74 Å². The predicted octanol–water partition coefficient (Wildman–Crippen LogP) is 3.34. The summed E-state index contributed by atoms with van der Waals surface area (Å²) in [6, 6.07) is 3.74. The molecule has 0 saturated carbocycles. The van der Waals surface area contributed by atoms with E-state index in [1.54, 1.807) is 24.6 Å². The van der Waals surface area contributed by atoms with Crippen molar-refractivity contribution in [2.75, 3.05) is 7.11 Å². The maximum absolute atomic E-state index is 5.17. The molecule has 84 valence electrons. The Morgan fingerprint density at radius 2 is 2.19 bits per heavy atom. The highest BCUT2D eigenvalue weighted by molar-refractivity contribution is 7.13. The molecule has 0 N–H and O–H groups in total. The van der Waals surface area contributed by atoms with Gasteiger partial charge in [0.25, 0.3) is 0 Å². The van der Waals surface area contributed by atoms with Crippen LogP contribution in [-0.4, -0.2) is 17.1 Å². The van der Waals surface area contributed by atoms with Crippen molar-refractivity contribution in [2.24, 2.45) is 0 Å². The van der Waals surface area contributed by atoms with E-state index < -0.39 is 0 Å². The molecule has 0 amide bonds. The second kappa shape index (κ2) is 4.61. The third-order valence-corrected chi connectivity index (χ3v) is 3.18. The van der Waals surface area contributed by atoms with Gasteiger partial charge in [-0.25, -0.2) is 4.98 Å². The molecule has 0 aliphatic carbocycles. The van der Waals surface area contributed by atoms with Crippen LogP contribution in [0.15, 0.2) is 23.7 Å². The quantitative estimate of drug-likeness (QED) is 0.817. The predicted molar refractivity (Wildman–Crippen MR) is 66.0 cm³/mol. The lowest BCUT2D eigenvalue weighted by Crippen LogP contribution is -1.89. The maximum Gasteiger partial charge on any atom is 0.142 e. The second-order valence-corrected chi connectivity index (χ2v) is 4.67. The minimum Gasteiger partial charge on any atom is -0.497 e. The van der Waals surface area contributed by atoms with Gasteiger partial charge in [0, 0.05) is 17.6 Å². The molecule has 2 heterocycles. The average molecular weight is 234 g/mol. The minimum atomic E-state index is 0.454. The van der Waals surface area contributed by atoms with E-state index in [4.69, 9.17) is 4.74 Å². The Balaban J connectivity index is 2.34. The number of hydrogen-bond acceptors (Lipinski definition) is 4. The van der Waals surface area contributed by atoms with Gasteiger partial charge in [-0.2, -0.15) is 0 Å². The SMILES string of the molecule is COc1ccnc(-c2nc(C(C)C)cs2)c1. The lowest BCUT2D eigenvalue weighted by Gasteiger charge is -2.01. The van der Waals surface area contributed by atoms with Gasteiger partial charge in [0.05, 0.1) is 12.8 Å². The largest absolute Gasteiger partial charge is 0.497 e. The van der Waals surface area contributed by atoms with Crippen LogP contribution in [0.4, 0.5) is 0 Å². The standard InChI is InChI=1S/C12H14N2OS/c1-8(2)11-7-16-12(14-11)10-6-9(15-3)4-5-13-10/h4-8H,1-3H3. The molecule has 0 bridgehead atoms. The molecule has 2 rings (SSSR count). The third kappa shape index (κ3) is 2.22. The average Bonchev–Trinajstić information content (AvgIpc) is 2.78. The van der Waals surface area contributed by atoms with E-state index in [-0.39, 0.29) is 0 Å². The molecule has 0 saturated heterocycles. The lowest BCUT2D eigenvalue weighted by atomic mass is 10.2. The molecule has 0 atom stereocenters. The van der Waals surface area contributed by atoms with Crippen molar-refractivity contribution in [2.45, 2.75) is 19.8 Å². The normalized spacial score (nSPS) is 10.8. The molecule has 0 fully saturated rings. The van der Waals surface area contributed by atoms with Crippen molar-refractivity contribution >= 4 is 11.3 Å². The van der Waals surface area contributed by atoms with E-state index in [1.807, 2.05) is 12.1 Å². The van der Waals surface area contributed by atoms with E-state index in [0.29, 0.717) is 5.92 Å². The minimum absolute atomic E-state index is 0.454. The first-order valence-corrected chi connectivity index (χ1v) is 6.04. The zero-order chi connectivity index (χ0) is 11.5. The van der Waals surface area contributed by atoms with Gasteiger partial charge < -0.3 is 4.74 Å². The molecule has 16 heavy (non-hydrogen) atoms. The van der Waals surface area contributed by atoms with Gasteiger partial charge in [-0.1, -0.05) is 13.8 Å². The molecule has 0 aliphatic heterocycles. The maximum atomic E-state index is 5.17. The molecule has 0 aliphatic rings. The topological polar surface area (TPSA) is 35.0 Å². The summed E-state index contributed by atoms with van der Waals surface area (Å²) < 4.78 is 5.17. The Morgan fingerprint density at radius 1 is 1.38 bits per heavy atom. The number of nitrogens with zero attached hydrogens (tertiary/aromatic N) is 2. The number of aromatic nitrogens is 2. The summed E-state index contributed by atoms with van der Waals surface area (Å²) in [4.78, 5) is 8.85. The smallest absolute Gasteiger partial charge is 0.142 e. The highest BCUT2D eigenvalue weighted by atomic mass is 32.1. The first kappa shape index (κ1) is 11.1. The van der Waals surface area contributed by atoms with Crippen LogP contribution >= 0.6 is 11.3 Å². The molecule has 0 aromatic carbocycles. The van der Waals surface area contributed by atoms with Crippen LogP contribution in [0.2, 0.25) is 0 Å². The Bertz CT molecular complexity index is 479. The third-order valence-electron chi connectivity index (χ3n) is 2.30. The van der Waals surface area contributed by atoms with Gasteiger partial charge in [-0.3, -0.25) is 4.98 Å². The summed E-state index contributed by atoms with van der Waals surface area (Å²) >= 11 is 1.62. The molecule has 0 unspecified atom stereocenters. The van der Waals surface area contributed by atoms with Crippen LogP contribution in [0.25, 0.3) is 10.7 Å². The van der Waals surface area contributed by atoms with Crippen LogP contribution in [-0.2, 0) is 0 Å². The number of hydrogen-bond donors (Lipinski definition) is 0. The van der Waals surface area contributed by atoms with E-state index in [9.17, 15) is 0 Å². The van der Waals surface area contributed by atoms with Crippen LogP contribution in [0.3, 0.4) is 0 Å². The fourth-order valence-electron chi connectivity index (χ4n) is 1.32. The van der Waals surface area contributed by atoms with Crippen LogP contribution in [0.1, 0.15) is 25.5 Å². The van der Waals surface area contributed by atoms with E-state index in [1.165, 1.54) is 0 Å². The number of ether oxygens (including phenoxy) is 1. The molecule has 0 radical (unpaired) electrons. The summed E-state index contributed by atoms with van der Waals surface area (Å²) in [7, 11) is 1.65. The van der Waals surface area contributed by atoms with E-state index >= 15 is 0 Å². The number of rotatable bonds is 3. The molecular formula is C12H14N2OS. The summed E-state index contributed by atoms with van der Waals surface area (Å²) in [5, 5.41) is 3.03. The molecule has 0 spiro atoms. The van der Waals surface area contributed by atoms with Gasteiger partial charge in [0.2, 0.25) is 0 Å². The Hall–Kier alpha value is -1.42. The lowest BCUT2D eigenvalue weighted by molar-refractivity contribution is 0.414. The first-order chi connectivity index (χ1) is 7.70. The zero-order valence-corrected chi connectivity index (χ0v) is 10.4. The zero-order valence-electron chi connectivity index (χ0n) is 9.60. The second-order valence-electron chi connectivity index (χ2n) is 3.81. The van der Waals surface area contributed by atoms with Crippen molar-refractivity contribution in [3.63, 3.8) is 0 Å². The van der Waals surface area contributed by atoms with Gasteiger partial charge in [0.15, 0.2) is 0 Å². The molecule has 2 aromatic rings. The van der Waals surface area contributed by atoms with Gasteiger partial charge in [-0.05, 0) is 12.0 Å². The van der Waals surface area contributed by atoms with Crippen molar-refractivity contribution in [1.29, 1.82) is 0 Å². The van der Waals surface area contributed by atoms with E-state index in [2.05, 4.69) is 29.2 Å². The van der Waals surface area contributed by atoms with Crippen LogP contribution < -0.4 is 4.74 Å². The van der Waals surface area contributed by atoms with E-state index in [0.717, 1.165) is 22.1 Å². The Kier molecular flexibility index (Phi) is 3.19. The summed E-state index contributed by atoms with van der Waals surface area (Å²) in [5.41, 5.74) is 1.99. The number of thiazole rings is 1. The number of methoxy groups -OCH3 is 1. The van der Waals surface area contributed by atoms with Gasteiger partial charge in [0.1, 0.15) is 16.5 Å². The fourth-order valence-corrected chi connectivity index (χ4v) is 2.27. The highest BCUT2D eigenvalue weighted by Crippen LogP contribution is 2.27. The van der Waals surface area contributed by atoms with Gasteiger partial charge in [-0.15, -0.1) is 11.3 Å². The van der Waals surface area contributed by atoms with Crippen molar-refractivity contribution in [3.8, 4) is 16.5 Å². The Morgan fingerprint density at radius 3 is 2.81 bits per heavy atom. The molecular weight excluding hydrogens is 220 g/mol. The van der Waals surface area contributed by atoms with Crippen LogP contribution in [0, 0.1) is 0 Å². The summed E-state index contributed by atoms with van der Waals surface area (Å²) in [5.74, 6) is 1.27. The monoisotopic (exact) mass is 234 g/mol. The molecule has 2 aromatic heterocycles. The van der Waals surface area contributed by atoms with Crippen molar-refractivity contribution in [3.05, 3.63) is 29.4 Å². The first-order valence-electron chi connectivity index (χ1n) is 5.16. The van der Waals surface area contributed by atoms with Crippen LogP contribution in [0.5, 0.6) is 5.75 Å². The highest BCUT2D eigenvalue weighted by Gasteiger charge is 2.08. The summed E-state index contributed by atoms with van der Waals surface area (Å²) in [6.07, 6.45) is 1.74. The summed E-state index contributed by atoms with van der Waals surface area (Å²) in [6.45, 7) is 4.27.